The summed E-state index contributed by atoms with van der Waals surface area (Å²) >= 11 is 0. The fraction of sp³-hybridized carbons (Fsp3) is 0.444. The summed E-state index contributed by atoms with van der Waals surface area (Å²) in [6.45, 7) is 0.704. The van der Waals surface area contributed by atoms with E-state index in [1.807, 2.05) is 0 Å². The van der Waals surface area contributed by atoms with E-state index in [2.05, 4.69) is 0 Å². The lowest BCUT2D eigenvalue weighted by atomic mass is 9.97. The number of hydrogen-bond donors (Lipinski definition) is 8. The molecule has 3 aromatic rings. The lowest BCUT2D eigenvalue weighted by Crippen LogP contribution is -2.64. The Morgan fingerprint density at radius 2 is 1.52 bits per heavy atom. The number of phenols is 2. The third-order valence-corrected chi connectivity index (χ3v) is 7.11. The Morgan fingerprint density at radius 3 is 2.19 bits per heavy atom. The monoisotopic (exact) mass is 596 g/mol. The molecular weight excluding hydrogens is 564 g/mol. The highest BCUT2D eigenvalue weighted by atomic mass is 16.8. The van der Waals surface area contributed by atoms with Crippen molar-refractivity contribution in [3.63, 3.8) is 0 Å². The van der Waals surface area contributed by atoms with Crippen LogP contribution >= 0.6 is 0 Å². The number of rotatable bonds is 6. The highest BCUT2D eigenvalue weighted by molar-refractivity contribution is 5.86. The molecule has 42 heavy (non-hydrogen) atoms. The molecule has 10 atom stereocenters. The molecule has 15 heteroatoms. The van der Waals surface area contributed by atoms with Crippen molar-refractivity contribution in [2.75, 3.05) is 6.61 Å². The van der Waals surface area contributed by atoms with Gasteiger partial charge in [0.2, 0.25) is 6.29 Å². The minimum Gasteiger partial charge on any atom is -0.508 e. The zero-order valence-corrected chi connectivity index (χ0v) is 22.0. The smallest absolute Gasteiger partial charge is 0.229 e. The van der Waals surface area contributed by atoms with Gasteiger partial charge in [-0.3, -0.25) is 4.79 Å². The number of aliphatic hydroxyl groups excluding tert-OH is 6. The summed E-state index contributed by atoms with van der Waals surface area (Å²) in [5, 5.41) is 81.4. The van der Waals surface area contributed by atoms with Crippen LogP contribution in [-0.4, -0.2) is 114 Å². The average molecular weight is 597 g/mol. The van der Waals surface area contributed by atoms with Crippen molar-refractivity contribution in [2.45, 2.75) is 68.3 Å². The molecule has 2 aromatic carbocycles. The Bertz CT molecular complexity index is 1430. The first-order valence-electron chi connectivity index (χ1n) is 12.7. The summed E-state index contributed by atoms with van der Waals surface area (Å²) in [7, 11) is 0. The largest absolute Gasteiger partial charge is 0.508 e. The molecule has 230 valence electrons. The molecule has 0 spiro atoms. The molecule has 0 bridgehead atoms. The summed E-state index contributed by atoms with van der Waals surface area (Å²) in [6, 6.07) is 9.38. The predicted molar refractivity (Wildman–Crippen MR) is 140 cm³/mol. The van der Waals surface area contributed by atoms with Gasteiger partial charge in [-0.25, -0.2) is 0 Å². The molecule has 0 unspecified atom stereocenters. The van der Waals surface area contributed by atoms with Crippen molar-refractivity contribution in [3.05, 3.63) is 52.7 Å². The SMILES string of the molecule is C[C@@H]1O[C@@H](O[C@@H]2[C@@H](Oc3cc(O)c4c(=O)cc(-c5ccc(O)cc5)oc4c3)O[C@@H](CO)[C@H](O)[C@H]2O)[C@H](O)[C@H](O)[C@H]1O.O. The number of hydrogen-bond acceptors (Lipinski definition) is 14. The zero-order valence-electron chi connectivity index (χ0n) is 22.0. The van der Waals surface area contributed by atoms with E-state index in [0.717, 1.165) is 6.07 Å². The van der Waals surface area contributed by atoms with Gasteiger partial charge in [0.1, 0.15) is 70.6 Å². The third-order valence-electron chi connectivity index (χ3n) is 7.11. The van der Waals surface area contributed by atoms with Gasteiger partial charge in [0.25, 0.3) is 0 Å². The molecule has 0 radical (unpaired) electrons. The summed E-state index contributed by atoms with van der Waals surface area (Å²) < 4.78 is 28.4. The third kappa shape index (κ3) is 5.93. The van der Waals surface area contributed by atoms with Crippen molar-refractivity contribution >= 4 is 11.0 Å². The molecule has 2 fully saturated rings. The van der Waals surface area contributed by atoms with Crippen molar-refractivity contribution in [3.8, 4) is 28.6 Å². The summed E-state index contributed by atoms with van der Waals surface area (Å²) in [5.41, 5.74) is -0.182. The number of benzene rings is 2. The second kappa shape index (κ2) is 12.5. The van der Waals surface area contributed by atoms with E-state index in [1.165, 1.54) is 43.3 Å². The van der Waals surface area contributed by atoms with E-state index in [4.69, 9.17) is 23.4 Å². The molecule has 10 N–H and O–H groups in total. The van der Waals surface area contributed by atoms with Crippen LogP contribution in [0.5, 0.6) is 17.2 Å². The molecule has 5 rings (SSSR count). The van der Waals surface area contributed by atoms with Gasteiger partial charge in [-0.05, 0) is 31.2 Å². The standard InChI is InChI=1S/C27H30O14.H2O/c1-10-20(32)22(34)24(36)26(37-10)41-25-23(35)21(33)18(9-28)40-27(25)38-13-6-14(30)19-15(31)8-16(39-17(19)7-13)11-2-4-12(29)5-3-11;/h2-8,10,18,20-30,32-36H,9H2,1H3;1H2/t10-,18-,20-,21-,22+,23+,24+,25-,26-,27-;/m0./s1. The van der Waals surface area contributed by atoms with Crippen molar-refractivity contribution in [1.29, 1.82) is 0 Å². The number of aromatic hydroxyl groups is 2. The van der Waals surface area contributed by atoms with E-state index in [9.17, 15) is 45.6 Å². The van der Waals surface area contributed by atoms with Gasteiger partial charge < -0.3 is 69.7 Å². The number of fused-ring (bicyclic) bond motifs is 1. The van der Waals surface area contributed by atoms with Crippen molar-refractivity contribution in [1.82, 2.24) is 0 Å². The van der Waals surface area contributed by atoms with Crippen LogP contribution in [-0.2, 0) is 14.2 Å². The van der Waals surface area contributed by atoms with Gasteiger partial charge in [0.15, 0.2) is 17.8 Å². The highest BCUT2D eigenvalue weighted by Gasteiger charge is 2.50. The van der Waals surface area contributed by atoms with Crippen LogP contribution in [0, 0.1) is 0 Å². The minimum atomic E-state index is -1.76. The average Bonchev–Trinajstić information content (AvgIpc) is 2.94. The molecule has 2 saturated heterocycles. The first-order chi connectivity index (χ1) is 19.5. The van der Waals surface area contributed by atoms with E-state index in [0.29, 0.717) is 5.56 Å². The van der Waals surface area contributed by atoms with Gasteiger partial charge >= 0.3 is 0 Å². The lowest BCUT2D eigenvalue weighted by molar-refractivity contribution is -0.354. The predicted octanol–water partition coefficient (Wildman–Crippen LogP) is -1.92. The first-order valence-corrected chi connectivity index (χ1v) is 12.7. The molecule has 3 heterocycles. The molecule has 0 saturated carbocycles. The maximum atomic E-state index is 12.8. The van der Waals surface area contributed by atoms with Crippen LogP contribution in [0.4, 0.5) is 0 Å². The number of phenolic OH excluding ortho intramolecular Hbond substituents is 2. The van der Waals surface area contributed by atoms with E-state index >= 15 is 0 Å². The minimum absolute atomic E-state index is 0. The molecular formula is C27H32O15. The second-order valence-electron chi connectivity index (χ2n) is 9.94. The van der Waals surface area contributed by atoms with Crippen LogP contribution in [0.25, 0.3) is 22.3 Å². The van der Waals surface area contributed by atoms with Crippen LogP contribution in [0.15, 0.2) is 51.7 Å². The van der Waals surface area contributed by atoms with Gasteiger partial charge in [0.05, 0.1) is 12.7 Å². The van der Waals surface area contributed by atoms with E-state index in [-0.39, 0.29) is 33.7 Å². The summed E-state index contributed by atoms with van der Waals surface area (Å²) in [6.07, 6.45) is -15.3. The maximum Gasteiger partial charge on any atom is 0.229 e. The Kier molecular flexibility index (Phi) is 9.39. The molecule has 1 aromatic heterocycles. The first kappa shape index (κ1) is 31.6. The quantitative estimate of drug-likeness (QED) is 0.154. The number of ether oxygens (including phenoxy) is 4. The van der Waals surface area contributed by atoms with E-state index < -0.39 is 79.2 Å². The summed E-state index contributed by atoms with van der Waals surface area (Å²) in [4.78, 5) is 12.8. The lowest BCUT2D eigenvalue weighted by Gasteiger charge is -2.45. The van der Waals surface area contributed by atoms with E-state index in [1.54, 1.807) is 0 Å². The maximum absolute atomic E-state index is 12.8. The Hall–Kier alpha value is -3.35. The molecule has 0 aliphatic carbocycles. The highest BCUT2D eigenvalue weighted by Crippen LogP contribution is 2.35. The van der Waals surface area contributed by atoms with Crippen molar-refractivity contribution < 1.29 is 69.7 Å². The van der Waals surface area contributed by atoms with Crippen LogP contribution < -0.4 is 10.2 Å². The Balaban J connectivity index is 0.00000405. The molecule has 2 aliphatic heterocycles. The normalized spacial score (nSPS) is 33.2. The fourth-order valence-electron chi connectivity index (χ4n) is 4.79. The van der Waals surface area contributed by atoms with Crippen LogP contribution in [0.3, 0.4) is 0 Å². The molecule has 2 aliphatic rings. The van der Waals surface area contributed by atoms with Crippen LogP contribution in [0.2, 0.25) is 0 Å². The Labute approximate surface area is 237 Å². The fourth-order valence-corrected chi connectivity index (χ4v) is 4.79. The van der Waals surface area contributed by atoms with Gasteiger partial charge in [-0.2, -0.15) is 0 Å². The van der Waals surface area contributed by atoms with Crippen LogP contribution in [0.1, 0.15) is 6.92 Å². The van der Waals surface area contributed by atoms with Gasteiger partial charge in [-0.15, -0.1) is 0 Å². The van der Waals surface area contributed by atoms with Crippen molar-refractivity contribution in [2.24, 2.45) is 0 Å². The Morgan fingerprint density at radius 1 is 0.833 bits per heavy atom. The second-order valence-corrected chi connectivity index (χ2v) is 9.94. The number of aliphatic hydroxyl groups is 6. The van der Waals surface area contributed by atoms with Gasteiger partial charge in [0, 0.05) is 23.8 Å². The zero-order chi connectivity index (χ0) is 29.6. The van der Waals surface area contributed by atoms with Gasteiger partial charge in [-0.1, -0.05) is 0 Å². The molecule has 15 nitrogen and oxygen atoms in total. The topological polar surface area (TPSA) is 260 Å². The summed E-state index contributed by atoms with van der Waals surface area (Å²) in [5.74, 6) is -0.498. The molecule has 0 amide bonds.